The molecule has 1 aliphatic carbocycles. The van der Waals surface area contributed by atoms with Crippen molar-refractivity contribution < 1.29 is 44.6 Å². The predicted octanol–water partition coefficient (Wildman–Crippen LogP) is -0.492. The first-order chi connectivity index (χ1) is 13.8. The highest BCUT2D eigenvalue weighted by Crippen LogP contribution is 2.44. The molecule has 1 saturated heterocycles. The van der Waals surface area contributed by atoms with Gasteiger partial charge in [0.15, 0.2) is 5.78 Å². The summed E-state index contributed by atoms with van der Waals surface area (Å²) in [5.41, 5.74) is -1.21. The summed E-state index contributed by atoms with van der Waals surface area (Å²) in [7, 11) is 0. The maximum atomic E-state index is 12.2. The molecule has 0 aromatic carbocycles. The van der Waals surface area contributed by atoms with Crippen LogP contribution in [-0.4, -0.2) is 80.2 Å². The van der Waals surface area contributed by atoms with Gasteiger partial charge in [-0.1, -0.05) is 19.9 Å². The van der Waals surface area contributed by atoms with Crippen LogP contribution in [0.5, 0.6) is 0 Å². The fraction of sp³-hybridized carbons (Fsp3) is 0.619. The molecule has 5 N–H and O–H groups in total. The monoisotopic (exact) mass is 426 g/mol. The predicted molar refractivity (Wildman–Crippen MR) is 105 cm³/mol. The Balaban J connectivity index is 2.11. The Morgan fingerprint density at radius 2 is 1.90 bits per heavy atom. The molecule has 9 nitrogen and oxygen atoms in total. The van der Waals surface area contributed by atoms with Gasteiger partial charge in [0.2, 0.25) is 6.29 Å². The van der Waals surface area contributed by atoms with Crippen LogP contribution in [0.2, 0.25) is 0 Å². The molecule has 0 aromatic heterocycles. The van der Waals surface area contributed by atoms with Crippen molar-refractivity contribution in [3.63, 3.8) is 0 Å². The number of ether oxygens (including phenoxy) is 2. The molecule has 9 heteroatoms. The van der Waals surface area contributed by atoms with E-state index in [9.17, 15) is 35.1 Å². The van der Waals surface area contributed by atoms with E-state index < -0.39 is 54.3 Å². The second-order valence-electron chi connectivity index (χ2n) is 8.48. The van der Waals surface area contributed by atoms with Crippen molar-refractivity contribution >= 4 is 11.8 Å². The fourth-order valence-corrected chi connectivity index (χ4v) is 3.66. The molecule has 1 heterocycles. The SMILES string of the molecule is CC1=CC(=O)CC(C)(C)[C@@]1(O)/C=C/C(C)=C\C(=O)O[C@@H]1O[C@H](CO)[C@@H](O)C(O)C1O. The molecule has 6 atom stereocenters. The van der Waals surface area contributed by atoms with Crippen molar-refractivity contribution in [2.45, 2.75) is 70.4 Å². The number of ketones is 1. The molecule has 0 bridgehead atoms. The zero-order valence-corrected chi connectivity index (χ0v) is 17.5. The maximum Gasteiger partial charge on any atom is 0.333 e. The van der Waals surface area contributed by atoms with Gasteiger partial charge < -0.3 is 35.0 Å². The van der Waals surface area contributed by atoms with Crippen LogP contribution in [0, 0.1) is 5.41 Å². The van der Waals surface area contributed by atoms with Crippen LogP contribution in [0.1, 0.15) is 34.1 Å². The van der Waals surface area contributed by atoms with E-state index in [0.29, 0.717) is 11.1 Å². The number of aliphatic hydroxyl groups is 5. The first-order valence-corrected chi connectivity index (χ1v) is 9.65. The van der Waals surface area contributed by atoms with E-state index in [1.54, 1.807) is 27.7 Å². The second-order valence-corrected chi connectivity index (χ2v) is 8.48. The summed E-state index contributed by atoms with van der Waals surface area (Å²) in [6.07, 6.45) is -1.95. The molecular weight excluding hydrogens is 396 g/mol. The lowest BCUT2D eigenvalue weighted by molar-refractivity contribution is -0.291. The lowest BCUT2D eigenvalue weighted by Crippen LogP contribution is -2.59. The molecule has 1 aliphatic heterocycles. The van der Waals surface area contributed by atoms with Crippen molar-refractivity contribution in [3.8, 4) is 0 Å². The molecule has 0 radical (unpaired) electrons. The van der Waals surface area contributed by atoms with Crippen LogP contribution in [0.15, 0.2) is 35.5 Å². The molecular formula is C21H30O9. The van der Waals surface area contributed by atoms with Gasteiger partial charge in [-0.25, -0.2) is 4.79 Å². The summed E-state index contributed by atoms with van der Waals surface area (Å²) >= 11 is 0. The number of aliphatic hydroxyl groups excluding tert-OH is 4. The van der Waals surface area contributed by atoms with Crippen LogP contribution in [0.4, 0.5) is 0 Å². The zero-order valence-electron chi connectivity index (χ0n) is 17.5. The van der Waals surface area contributed by atoms with Crippen LogP contribution < -0.4 is 0 Å². The topological polar surface area (TPSA) is 154 Å². The molecule has 2 unspecified atom stereocenters. The number of esters is 1. The Morgan fingerprint density at radius 1 is 1.27 bits per heavy atom. The highest BCUT2D eigenvalue weighted by Gasteiger charge is 2.47. The Bertz CT molecular complexity index is 764. The van der Waals surface area contributed by atoms with Crippen molar-refractivity contribution in [1.29, 1.82) is 0 Å². The Hall–Kier alpha value is -1.88. The van der Waals surface area contributed by atoms with Gasteiger partial charge in [0.25, 0.3) is 0 Å². The van der Waals surface area contributed by atoms with Crippen LogP contribution in [0.3, 0.4) is 0 Å². The molecule has 0 spiro atoms. The number of allylic oxidation sites excluding steroid dienone is 3. The van der Waals surface area contributed by atoms with Gasteiger partial charge in [-0.3, -0.25) is 4.79 Å². The third-order valence-corrected chi connectivity index (χ3v) is 5.64. The molecule has 0 saturated carbocycles. The van der Waals surface area contributed by atoms with Gasteiger partial charge >= 0.3 is 5.97 Å². The van der Waals surface area contributed by atoms with Gasteiger partial charge in [0.1, 0.15) is 30.0 Å². The highest BCUT2D eigenvalue weighted by molar-refractivity contribution is 5.92. The Labute approximate surface area is 174 Å². The second kappa shape index (κ2) is 9.09. The van der Waals surface area contributed by atoms with Crippen molar-refractivity contribution in [2.24, 2.45) is 5.41 Å². The number of carbonyl (C=O) groups is 2. The first kappa shape index (κ1) is 24.4. The lowest BCUT2D eigenvalue weighted by Gasteiger charge is -2.44. The van der Waals surface area contributed by atoms with Crippen LogP contribution >= 0.6 is 0 Å². The van der Waals surface area contributed by atoms with Crippen LogP contribution in [0.25, 0.3) is 0 Å². The van der Waals surface area contributed by atoms with Gasteiger partial charge in [-0.05, 0) is 37.1 Å². The van der Waals surface area contributed by atoms with E-state index in [2.05, 4.69) is 0 Å². The Morgan fingerprint density at radius 3 is 2.47 bits per heavy atom. The average Bonchev–Trinajstić information content (AvgIpc) is 2.64. The minimum atomic E-state index is -1.69. The summed E-state index contributed by atoms with van der Waals surface area (Å²) in [4.78, 5) is 24.0. The Kier molecular flexibility index (Phi) is 7.39. The third-order valence-electron chi connectivity index (χ3n) is 5.64. The quantitative estimate of drug-likeness (QED) is 0.222. The minimum Gasteiger partial charge on any atom is -0.430 e. The van der Waals surface area contributed by atoms with E-state index in [1.165, 1.54) is 18.2 Å². The summed E-state index contributed by atoms with van der Waals surface area (Å²) in [6.45, 7) is 6.17. The van der Waals surface area contributed by atoms with Gasteiger partial charge in [0, 0.05) is 17.9 Å². The minimum absolute atomic E-state index is 0.0639. The zero-order chi connectivity index (χ0) is 22.9. The number of rotatable bonds is 5. The van der Waals surface area contributed by atoms with E-state index >= 15 is 0 Å². The average molecular weight is 426 g/mol. The van der Waals surface area contributed by atoms with Crippen LogP contribution in [-0.2, 0) is 19.1 Å². The van der Waals surface area contributed by atoms with Crippen molar-refractivity contribution in [2.75, 3.05) is 6.61 Å². The van der Waals surface area contributed by atoms with Crippen molar-refractivity contribution in [1.82, 2.24) is 0 Å². The molecule has 2 aliphatic rings. The standard InChI is InChI=1S/C21H30O9/c1-11(5-6-21(28)12(2)8-13(23)9-20(21,3)4)7-15(24)30-19-18(27)17(26)16(25)14(10-22)29-19/h5-8,14,16-19,22,25-28H,9-10H2,1-4H3/b6-5+,11-7-/t14-,16-,17?,18?,19+,21-/m1/s1. The van der Waals surface area contributed by atoms with E-state index in [1.807, 2.05) is 0 Å². The fourth-order valence-electron chi connectivity index (χ4n) is 3.66. The number of hydrogen-bond donors (Lipinski definition) is 5. The molecule has 0 aromatic rings. The summed E-state index contributed by atoms with van der Waals surface area (Å²) in [6, 6.07) is 0. The molecule has 1 fully saturated rings. The van der Waals surface area contributed by atoms with E-state index in [-0.39, 0.29) is 12.2 Å². The molecule has 2 rings (SSSR count). The molecule has 0 amide bonds. The smallest absolute Gasteiger partial charge is 0.333 e. The molecule has 30 heavy (non-hydrogen) atoms. The number of hydrogen-bond acceptors (Lipinski definition) is 9. The van der Waals surface area contributed by atoms with Gasteiger partial charge in [0.05, 0.1) is 6.61 Å². The summed E-state index contributed by atoms with van der Waals surface area (Å²) in [5.74, 6) is -0.954. The van der Waals surface area contributed by atoms with Gasteiger partial charge in [-0.2, -0.15) is 0 Å². The third kappa shape index (κ3) is 4.88. The maximum absolute atomic E-state index is 12.2. The van der Waals surface area contributed by atoms with Gasteiger partial charge in [-0.15, -0.1) is 0 Å². The largest absolute Gasteiger partial charge is 0.430 e. The summed E-state index contributed by atoms with van der Waals surface area (Å²) < 4.78 is 10.1. The molecule has 168 valence electrons. The van der Waals surface area contributed by atoms with E-state index in [0.717, 1.165) is 6.08 Å². The number of carbonyl (C=O) groups excluding carboxylic acids is 2. The normalized spacial score (nSPS) is 37.2. The lowest BCUT2D eigenvalue weighted by atomic mass is 9.64. The first-order valence-electron chi connectivity index (χ1n) is 9.65. The highest BCUT2D eigenvalue weighted by atomic mass is 16.7. The van der Waals surface area contributed by atoms with E-state index in [4.69, 9.17) is 9.47 Å². The summed E-state index contributed by atoms with van der Waals surface area (Å²) in [5, 5.41) is 49.7. The van der Waals surface area contributed by atoms with Crippen molar-refractivity contribution in [3.05, 3.63) is 35.5 Å².